The first-order chi connectivity index (χ1) is 14.1. The lowest BCUT2D eigenvalue weighted by atomic mass is 10.1. The minimum atomic E-state index is -0.275. The normalized spacial score (nSPS) is 13.9. The first kappa shape index (κ1) is 19.7. The lowest BCUT2D eigenvalue weighted by Gasteiger charge is -2.14. The number of fused-ring (bicyclic) bond motifs is 1. The average molecular weight is 407 g/mol. The molecule has 0 bridgehead atoms. The summed E-state index contributed by atoms with van der Waals surface area (Å²) >= 11 is 1.45. The smallest absolute Gasteiger partial charge is 0.237 e. The van der Waals surface area contributed by atoms with E-state index in [9.17, 15) is 4.79 Å². The summed E-state index contributed by atoms with van der Waals surface area (Å²) in [7, 11) is 0. The van der Waals surface area contributed by atoms with Gasteiger partial charge in [0, 0.05) is 17.8 Å². The zero-order valence-electron chi connectivity index (χ0n) is 17.1. The maximum atomic E-state index is 12.8. The van der Waals surface area contributed by atoms with Gasteiger partial charge in [-0.1, -0.05) is 42.1 Å². The summed E-state index contributed by atoms with van der Waals surface area (Å²) in [5.74, 6) is 0.829. The highest BCUT2D eigenvalue weighted by molar-refractivity contribution is 8.00. The number of rotatable bonds is 6. The zero-order chi connectivity index (χ0) is 20.4. The Kier molecular flexibility index (Phi) is 5.72. The third kappa shape index (κ3) is 4.08. The molecule has 1 aliphatic carbocycles. The highest BCUT2D eigenvalue weighted by atomic mass is 32.2. The van der Waals surface area contributed by atoms with Gasteiger partial charge >= 0.3 is 0 Å². The van der Waals surface area contributed by atoms with Crippen LogP contribution < -0.4 is 5.32 Å². The van der Waals surface area contributed by atoms with Gasteiger partial charge in [-0.05, 0) is 68.9 Å². The van der Waals surface area contributed by atoms with E-state index < -0.39 is 0 Å². The van der Waals surface area contributed by atoms with Crippen molar-refractivity contribution >= 4 is 23.4 Å². The van der Waals surface area contributed by atoms with E-state index in [-0.39, 0.29) is 11.2 Å². The Morgan fingerprint density at radius 2 is 1.97 bits per heavy atom. The minimum absolute atomic E-state index is 0.0176. The van der Waals surface area contributed by atoms with Crippen molar-refractivity contribution in [3.8, 4) is 11.4 Å². The van der Waals surface area contributed by atoms with Gasteiger partial charge in [0.05, 0.1) is 5.25 Å². The molecule has 1 atom stereocenters. The molecular weight excluding hydrogens is 380 g/mol. The van der Waals surface area contributed by atoms with Crippen molar-refractivity contribution in [2.75, 3.05) is 5.32 Å². The van der Waals surface area contributed by atoms with Crippen LogP contribution in [0.1, 0.15) is 37.0 Å². The van der Waals surface area contributed by atoms with Crippen molar-refractivity contribution in [2.45, 2.75) is 57.0 Å². The summed E-state index contributed by atoms with van der Waals surface area (Å²) in [6.07, 6.45) is 3.45. The van der Waals surface area contributed by atoms with E-state index >= 15 is 0 Å². The van der Waals surface area contributed by atoms with Gasteiger partial charge in [0.1, 0.15) is 0 Å². The lowest BCUT2D eigenvalue weighted by molar-refractivity contribution is -0.115. The molecule has 0 unspecified atom stereocenters. The average Bonchev–Trinajstić information content (AvgIpc) is 3.34. The van der Waals surface area contributed by atoms with E-state index in [2.05, 4.69) is 58.2 Å². The molecule has 4 rings (SSSR count). The van der Waals surface area contributed by atoms with Crippen LogP contribution in [0.3, 0.4) is 0 Å². The van der Waals surface area contributed by atoms with E-state index in [1.807, 2.05) is 25.1 Å². The van der Waals surface area contributed by atoms with Gasteiger partial charge in [-0.15, -0.1) is 10.2 Å². The topological polar surface area (TPSA) is 59.8 Å². The maximum absolute atomic E-state index is 12.8. The second kappa shape index (κ2) is 8.41. The number of amides is 1. The molecule has 6 heteroatoms. The quantitative estimate of drug-likeness (QED) is 0.593. The van der Waals surface area contributed by atoms with Crippen LogP contribution in [0.25, 0.3) is 11.4 Å². The summed E-state index contributed by atoms with van der Waals surface area (Å²) in [4.78, 5) is 12.8. The second-order valence-corrected chi connectivity index (χ2v) is 8.76. The molecule has 1 N–H and O–H groups in total. The lowest BCUT2D eigenvalue weighted by Crippen LogP contribution is -2.23. The number of anilines is 1. The number of aryl methyl sites for hydroxylation is 3. The van der Waals surface area contributed by atoms with Crippen molar-refractivity contribution < 1.29 is 4.79 Å². The Morgan fingerprint density at radius 1 is 1.17 bits per heavy atom. The van der Waals surface area contributed by atoms with Gasteiger partial charge in [0.15, 0.2) is 11.0 Å². The second-order valence-electron chi connectivity index (χ2n) is 7.45. The molecule has 5 nitrogen and oxygen atoms in total. The molecule has 0 saturated heterocycles. The summed E-state index contributed by atoms with van der Waals surface area (Å²) < 4.78 is 2.08. The predicted molar refractivity (Wildman–Crippen MR) is 118 cm³/mol. The monoisotopic (exact) mass is 406 g/mol. The molecule has 1 heterocycles. The highest BCUT2D eigenvalue weighted by Gasteiger charge is 2.21. The molecule has 1 aromatic heterocycles. The van der Waals surface area contributed by atoms with E-state index in [1.165, 1.54) is 29.3 Å². The van der Waals surface area contributed by atoms with Crippen LogP contribution in [0.5, 0.6) is 0 Å². The molecule has 0 aliphatic heterocycles. The van der Waals surface area contributed by atoms with E-state index in [0.717, 1.165) is 47.2 Å². The van der Waals surface area contributed by atoms with Crippen molar-refractivity contribution in [3.63, 3.8) is 0 Å². The summed E-state index contributed by atoms with van der Waals surface area (Å²) in [6.45, 7) is 6.81. The Hall–Kier alpha value is -2.60. The fourth-order valence-electron chi connectivity index (χ4n) is 3.79. The standard InChI is InChI=1S/C23H26N4OS/c1-4-27-21(20-11-6-5-8-15(20)2)25-26-23(27)29-16(3)22(28)24-19-13-12-17-9-7-10-18(17)14-19/h5-6,8,11-14,16H,4,7,9-10H2,1-3H3,(H,24,28)/t16-/m1/s1. The number of hydrogen-bond acceptors (Lipinski definition) is 4. The number of hydrogen-bond donors (Lipinski definition) is 1. The minimum Gasteiger partial charge on any atom is -0.325 e. The van der Waals surface area contributed by atoms with Gasteiger partial charge in [-0.3, -0.25) is 4.79 Å². The molecule has 0 fully saturated rings. The van der Waals surface area contributed by atoms with Gasteiger partial charge in [-0.25, -0.2) is 0 Å². The van der Waals surface area contributed by atoms with Gasteiger partial charge in [0.2, 0.25) is 5.91 Å². The van der Waals surface area contributed by atoms with Crippen LogP contribution >= 0.6 is 11.8 Å². The Morgan fingerprint density at radius 3 is 2.76 bits per heavy atom. The number of aromatic nitrogens is 3. The molecule has 150 valence electrons. The molecule has 0 radical (unpaired) electrons. The largest absolute Gasteiger partial charge is 0.325 e. The first-order valence-electron chi connectivity index (χ1n) is 10.2. The van der Waals surface area contributed by atoms with Crippen molar-refractivity contribution in [3.05, 3.63) is 59.2 Å². The third-order valence-corrected chi connectivity index (χ3v) is 6.52. The molecule has 29 heavy (non-hydrogen) atoms. The van der Waals surface area contributed by atoms with Crippen molar-refractivity contribution in [1.82, 2.24) is 14.8 Å². The number of thioether (sulfide) groups is 1. The number of nitrogens with zero attached hydrogens (tertiary/aromatic N) is 3. The van der Waals surface area contributed by atoms with Crippen LogP contribution in [0.4, 0.5) is 5.69 Å². The summed E-state index contributed by atoms with van der Waals surface area (Å²) in [5.41, 5.74) is 5.88. The Balaban J connectivity index is 1.49. The number of carbonyl (C=O) groups excluding carboxylic acids is 1. The van der Waals surface area contributed by atoms with Gasteiger partial charge < -0.3 is 9.88 Å². The fourth-order valence-corrected chi connectivity index (χ4v) is 4.70. The first-order valence-corrected chi connectivity index (χ1v) is 11.0. The van der Waals surface area contributed by atoms with Gasteiger partial charge in [-0.2, -0.15) is 0 Å². The van der Waals surface area contributed by atoms with Crippen molar-refractivity contribution in [2.24, 2.45) is 0 Å². The van der Waals surface area contributed by atoms with Crippen LogP contribution in [0, 0.1) is 6.92 Å². The van der Waals surface area contributed by atoms with Crippen molar-refractivity contribution in [1.29, 1.82) is 0 Å². The number of benzene rings is 2. The van der Waals surface area contributed by atoms with E-state index in [0.29, 0.717) is 0 Å². The Bertz CT molecular complexity index is 1040. The molecule has 0 spiro atoms. The molecule has 0 saturated carbocycles. The van der Waals surface area contributed by atoms with Crippen LogP contribution in [0.15, 0.2) is 47.6 Å². The highest BCUT2D eigenvalue weighted by Crippen LogP contribution is 2.29. The maximum Gasteiger partial charge on any atom is 0.237 e. The van der Waals surface area contributed by atoms with Crippen LogP contribution in [-0.4, -0.2) is 25.9 Å². The summed E-state index contributed by atoms with van der Waals surface area (Å²) in [6, 6.07) is 14.4. The third-order valence-electron chi connectivity index (χ3n) is 5.44. The molecule has 3 aromatic rings. The van der Waals surface area contributed by atoms with Crippen LogP contribution in [-0.2, 0) is 24.2 Å². The van der Waals surface area contributed by atoms with Gasteiger partial charge in [0.25, 0.3) is 0 Å². The number of carbonyl (C=O) groups is 1. The Labute approximate surface area is 175 Å². The predicted octanol–water partition coefficient (Wildman–Crippen LogP) is 4.88. The van der Waals surface area contributed by atoms with Crippen LogP contribution in [0.2, 0.25) is 0 Å². The number of nitrogens with one attached hydrogen (secondary N) is 1. The van der Waals surface area contributed by atoms with E-state index in [1.54, 1.807) is 0 Å². The molecule has 2 aromatic carbocycles. The zero-order valence-corrected chi connectivity index (χ0v) is 17.9. The molecule has 1 aliphatic rings. The molecule has 1 amide bonds. The van der Waals surface area contributed by atoms with E-state index in [4.69, 9.17) is 0 Å². The summed E-state index contributed by atoms with van der Waals surface area (Å²) in [5, 5.41) is 12.3. The molecular formula is C23H26N4OS. The SMILES string of the molecule is CCn1c(S[C@H](C)C(=O)Nc2ccc3c(c2)CCC3)nnc1-c1ccccc1C. The fraction of sp³-hybridized carbons (Fsp3) is 0.348.